The predicted molar refractivity (Wildman–Crippen MR) is 100 cm³/mol. The Balaban J connectivity index is 1.82. The van der Waals surface area contributed by atoms with E-state index in [1.54, 1.807) is 34.8 Å². The summed E-state index contributed by atoms with van der Waals surface area (Å²) in [6.07, 6.45) is 3.67. The number of methoxy groups -OCH3 is 1. The highest BCUT2D eigenvalue weighted by molar-refractivity contribution is 5.95. The highest BCUT2D eigenvalue weighted by Crippen LogP contribution is 2.22. The maximum atomic E-state index is 13.1. The molecule has 3 rings (SSSR count). The topological polar surface area (TPSA) is 99.4 Å². The summed E-state index contributed by atoms with van der Waals surface area (Å²) in [5, 5.41) is 12.4. The van der Waals surface area contributed by atoms with Crippen LogP contribution in [0.4, 0.5) is 0 Å². The van der Waals surface area contributed by atoms with Gasteiger partial charge in [0, 0.05) is 19.2 Å². The smallest absolute Gasteiger partial charge is 0.310 e. The Morgan fingerprint density at radius 2 is 2.07 bits per heavy atom. The molecule has 0 bridgehead atoms. The minimum Gasteiger partial charge on any atom is -0.480 e. The standard InChI is InChI=1S/C19H25N5O4/c1-4-15-14(11-20-24(15)16-8-9-17(27-3)22-21-16)18(25)23-10-6-7-13(12-23)19(26)28-5-2/h8-9,11,13H,4-7,10,12H2,1-3H3/t13-/m1/s1. The van der Waals surface area contributed by atoms with Crippen LogP contribution in [-0.2, 0) is 16.0 Å². The first kappa shape index (κ1) is 19.8. The van der Waals surface area contributed by atoms with Gasteiger partial charge in [-0.2, -0.15) is 5.10 Å². The predicted octanol–water partition coefficient (Wildman–Crippen LogP) is 1.65. The fourth-order valence-electron chi connectivity index (χ4n) is 3.41. The van der Waals surface area contributed by atoms with E-state index in [9.17, 15) is 9.59 Å². The number of carbonyl (C=O) groups excluding carboxylic acids is 2. The van der Waals surface area contributed by atoms with Gasteiger partial charge in [-0.05, 0) is 32.3 Å². The lowest BCUT2D eigenvalue weighted by atomic mass is 9.97. The van der Waals surface area contributed by atoms with E-state index in [-0.39, 0.29) is 17.8 Å². The molecular weight excluding hydrogens is 362 g/mol. The lowest BCUT2D eigenvalue weighted by molar-refractivity contribution is -0.149. The summed E-state index contributed by atoms with van der Waals surface area (Å²) < 4.78 is 11.8. The maximum Gasteiger partial charge on any atom is 0.310 e. The van der Waals surface area contributed by atoms with E-state index in [1.807, 2.05) is 6.92 Å². The van der Waals surface area contributed by atoms with Gasteiger partial charge in [0.25, 0.3) is 5.91 Å². The van der Waals surface area contributed by atoms with Crippen molar-refractivity contribution < 1.29 is 19.1 Å². The molecule has 0 aliphatic carbocycles. The van der Waals surface area contributed by atoms with Crippen molar-refractivity contribution in [2.75, 3.05) is 26.8 Å². The largest absolute Gasteiger partial charge is 0.480 e. The van der Waals surface area contributed by atoms with Crippen LogP contribution in [0.3, 0.4) is 0 Å². The zero-order valence-electron chi connectivity index (χ0n) is 16.4. The molecule has 1 fully saturated rings. The van der Waals surface area contributed by atoms with Crippen molar-refractivity contribution in [1.82, 2.24) is 24.9 Å². The molecule has 150 valence electrons. The first-order chi connectivity index (χ1) is 13.6. The maximum absolute atomic E-state index is 13.1. The molecule has 1 amide bonds. The quantitative estimate of drug-likeness (QED) is 0.695. The number of rotatable bonds is 6. The van der Waals surface area contributed by atoms with E-state index in [2.05, 4.69) is 15.3 Å². The van der Waals surface area contributed by atoms with Crippen molar-refractivity contribution >= 4 is 11.9 Å². The third-order valence-electron chi connectivity index (χ3n) is 4.81. The molecule has 28 heavy (non-hydrogen) atoms. The molecule has 1 saturated heterocycles. The van der Waals surface area contributed by atoms with Gasteiger partial charge in [-0.3, -0.25) is 9.59 Å². The van der Waals surface area contributed by atoms with E-state index < -0.39 is 0 Å². The second-order valence-corrected chi connectivity index (χ2v) is 6.55. The number of carbonyl (C=O) groups is 2. The Morgan fingerprint density at radius 1 is 1.25 bits per heavy atom. The molecule has 0 aromatic carbocycles. The van der Waals surface area contributed by atoms with Crippen LogP contribution in [0.5, 0.6) is 5.88 Å². The number of piperidine rings is 1. The minimum absolute atomic E-state index is 0.126. The molecule has 0 unspecified atom stereocenters. The number of nitrogens with zero attached hydrogens (tertiary/aromatic N) is 5. The third-order valence-corrected chi connectivity index (χ3v) is 4.81. The minimum atomic E-state index is -0.273. The van der Waals surface area contributed by atoms with Crippen LogP contribution in [0, 0.1) is 5.92 Å². The first-order valence-corrected chi connectivity index (χ1v) is 9.49. The van der Waals surface area contributed by atoms with E-state index in [0.29, 0.717) is 43.4 Å². The lowest BCUT2D eigenvalue weighted by Gasteiger charge is -2.31. The van der Waals surface area contributed by atoms with Crippen molar-refractivity contribution in [1.29, 1.82) is 0 Å². The van der Waals surface area contributed by atoms with E-state index in [1.165, 1.54) is 7.11 Å². The molecule has 0 radical (unpaired) electrons. The zero-order valence-corrected chi connectivity index (χ0v) is 16.4. The number of esters is 1. The van der Waals surface area contributed by atoms with Crippen molar-refractivity contribution in [3.8, 4) is 11.7 Å². The van der Waals surface area contributed by atoms with Crippen LogP contribution in [0.25, 0.3) is 5.82 Å². The van der Waals surface area contributed by atoms with Crippen molar-refractivity contribution in [3.63, 3.8) is 0 Å². The number of hydrogen-bond acceptors (Lipinski definition) is 7. The number of ether oxygens (including phenoxy) is 2. The average molecular weight is 387 g/mol. The molecular formula is C19H25N5O4. The third kappa shape index (κ3) is 3.97. The van der Waals surface area contributed by atoms with Crippen LogP contribution >= 0.6 is 0 Å². The van der Waals surface area contributed by atoms with Gasteiger partial charge in [-0.15, -0.1) is 10.2 Å². The molecule has 3 heterocycles. The molecule has 1 aliphatic rings. The zero-order chi connectivity index (χ0) is 20.1. The van der Waals surface area contributed by atoms with Crippen LogP contribution < -0.4 is 4.74 Å². The number of likely N-dealkylation sites (tertiary alicyclic amines) is 1. The average Bonchev–Trinajstić information content (AvgIpc) is 3.17. The highest BCUT2D eigenvalue weighted by atomic mass is 16.5. The fourth-order valence-corrected chi connectivity index (χ4v) is 3.41. The fraction of sp³-hybridized carbons (Fsp3) is 0.526. The van der Waals surface area contributed by atoms with Gasteiger partial charge in [0.1, 0.15) is 0 Å². The van der Waals surface area contributed by atoms with Crippen LogP contribution in [0.2, 0.25) is 0 Å². The van der Waals surface area contributed by atoms with Gasteiger partial charge in [-0.25, -0.2) is 4.68 Å². The summed E-state index contributed by atoms with van der Waals surface area (Å²) in [6.45, 7) is 5.07. The highest BCUT2D eigenvalue weighted by Gasteiger charge is 2.31. The molecule has 1 aliphatic heterocycles. The molecule has 9 nitrogen and oxygen atoms in total. The summed E-state index contributed by atoms with van der Waals surface area (Å²) in [7, 11) is 1.52. The Kier molecular flexibility index (Phi) is 6.23. The monoisotopic (exact) mass is 387 g/mol. The van der Waals surface area contributed by atoms with Gasteiger partial charge in [-0.1, -0.05) is 6.92 Å². The van der Waals surface area contributed by atoms with Gasteiger partial charge < -0.3 is 14.4 Å². The number of aromatic nitrogens is 4. The molecule has 0 spiro atoms. The van der Waals surface area contributed by atoms with E-state index in [0.717, 1.165) is 18.5 Å². The number of hydrogen-bond donors (Lipinski definition) is 0. The normalized spacial score (nSPS) is 16.7. The van der Waals surface area contributed by atoms with Crippen molar-refractivity contribution in [2.24, 2.45) is 5.92 Å². The van der Waals surface area contributed by atoms with Gasteiger partial charge in [0.15, 0.2) is 5.82 Å². The molecule has 0 saturated carbocycles. The van der Waals surface area contributed by atoms with Crippen LogP contribution in [-0.4, -0.2) is 63.6 Å². The Morgan fingerprint density at radius 3 is 2.71 bits per heavy atom. The molecule has 1 atom stereocenters. The van der Waals surface area contributed by atoms with Gasteiger partial charge in [0.2, 0.25) is 5.88 Å². The van der Waals surface area contributed by atoms with E-state index >= 15 is 0 Å². The Hall–Kier alpha value is -2.97. The van der Waals surface area contributed by atoms with Crippen LogP contribution in [0.1, 0.15) is 42.7 Å². The van der Waals surface area contributed by atoms with Crippen LogP contribution in [0.15, 0.2) is 18.3 Å². The number of amides is 1. The summed E-state index contributed by atoms with van der Waals surface area (Å²) in [4.78, 5) is 26.9. The SMILES string of the molecule is CCOC(=O)[C@@H]1CCCN(C(=O)c2cnn(-c3ccc(OC)nn3)c2CC)C1. The summed E-state index contributed by atoms with van der Waals surface area (Å²) >= 11 is 0. The second kappa shape index (κ2) is 8.81. The van der Waals surface area contributed by atoms with E-state index in [4.69, 9.17) is 9.47 Å². The van der Waals surface area contributed by atoms with Gasteiger partial charge in [0.05, 0.1) is 37.1 Å². The first-order valence-electron chi connectivity index (χ1n) is 9.49. The van der Waals surface area contributed by atoms with Crippen molar-refractivity contribution in [3.05, 3.63) is 29.6 Å². The summed E-state index contributed by atoms with van der Waals surface area (Å²) in [6, 6.07) is 3.43. The molecule has 2 aromatic heterocycles. The Labute approximate surface area is 163 Å². The molecule has 0 N–H and O–H groups in total. The summed E-state index contributed by atoms with van der Waals surface area (Å²) in [5.41, 5.74) is 1.27. The summed E-state index contributed by atoms with van der Waals surface area (Å²) in [5.74, 6) is 0.284. The van der Waals surface area contributed by atoms with Crippen molar-refractivity contribution in [2.45, 2.75) is 33.1 Å². The Bertz CT molecular complexity index is 833. The van der Waals surface area contributed by atoms with Gasteiger partial charge >= 0.3 is 5.97 Å². The second-order valence-electron chi connectivity index (χ2n) is 6.55. The molecule has 9 heteroatoms. The molecule has 2 aromatic rings. The lowest BCUT2D eigenvalue weighted by Crippen LogP contribution is -2.43.